The van der Waals surface area contributed by atoms with Gasteiger partial charge in [0.2, 0.25) is 0 Å². The molecule has 4 aromatic carbocycles. The maximum absolute atomic E-state index is 8.40. The average Bonchev–Trinajstić information content (AvgIpc) is 3.87. The first-order valence-electron chi connectivity index (χ1n) is 24.7. The number of rotatable bonds is 7. The van der Waals surface area contributed by atoms with Gasteiger partial charge in [-0.3, -0.25) is 9.97 Å². The molecule has 61 heavy (non-hydrogen) atoms. The van der Waals surface area contributed by atoms with Crippen LogP contribution in [0.4, 0.5) is 0 Å². The summed E-state index contributed by atoms with van der Waals surface area (Å²) in [6.45, 7) is 10.7. The molecule has 0 aliphatic heterocycles. The fourth-order valence-corrected chi connectivity index (χ4v) is 9.86. The zero-order valence-corrected chi connectivity index (χ0v) is 39.7. The summed E-state index contributed by atoms with van der Waals surface area (Å²) in [5, 5.41) is 2.41. The Morgan fingerprint density at radius 3 is 2.16 bits per heavy atom. The van der Waals surface area contributed by atoms with E-state index in [1.165, 1.54) is 34.7 Å². The number of hydrogen-bond acceptors (Lipinski definition) is 5. The number of hydrogen-bond donors (Lipinski definition) is 0. The van der Waals surface area contributed by atoms with Gasteiger partial charge < -0.3 is 9.55 Å². The van der Waals surface area contributed by atoms with E-state index < -0.39 is 28.6 Å². The van der Waals surface area contributed by atoms with Crippen LogP contribution in [-0.2, 0) is 20.1 Å². The second-order valence-corrected chi connectivity index (χ2v) is 22.9. The Morgan fingerprint density at radius 1 is 0.770 bits per heavy atom. The van der Waals surface area contributed by atoms with Crippen molar-refractivity contribution in [1.82, 2.24) is 24.5 Å². The van der Waals surface area contributed by atoms with E-state index in [1.807, 2.05) is 31.3 Å². The Kier molecular flexibility index (Phi) is 9.72. The van der Waals surface area contributed by atoms with Crippen LogP contribution in [-0.4, -0.2) is 32.6 Å². The van der Waals surface area contributed by atoms with Crippen LogP contribution in [0.25, 0.3) is 70.8 Å². The van der Waals surface area contributed by atoms with Gasteiger partial charge in [0.15, 0.2) is 0 Å². The fourth-order valence-electron chi connectivity index (χ4n) is 7.63. The summed E-state index contributed by atoms with van der Waals surface area (Å²) < 4.78 is 73.9. The standard InChI is InChI=1S/C38H35N4S.C15H18NSi.Ir/c1-21(2)30-19-27(26-11-9-8-10-12-26)20-31(22(3)4)35(30)42-34-25(7)39-18-17-32(34)41-37(42)29-15-13-23(5)33-28-16-14-24(6)40-38(28)43-36(29)33;1-12-5-7-13(8-6-12)15-10-9-14(11-16-15)17(2,3)4;/h8-14,16-22H,1-7H3;5-7,9-11H,1-4H3;/q2*-1;/i5D3,6D3;1D3;. The maximum atomic E-state index is 8.40. The summed E-state index contributed by atoms with van der Waals surface area (Å²) in [4.78, 5) is 19.3. The molecule has 0 saturated carbocycles. The third-order valence-corrected chi connectivity index (χ3v) is 14.0. The minimum Gasteiger partial charge on any atom is -0.331 e. The van der Waals surface area contributed by atoms with Gasteiger partial charge >= 0.3 is 0 Å². The zero-order chi connectivity index (χ0) is 50.0. The van der Waals surface area contributed by atoms with Gasteiger partial charge in [0.25, 0.3) is 0 Å². The van der Waals surface area contributed by atoms with Crippen molar-refractivity contribution in [3.63, 3.8) is 0 Å². The molecule has 0 fully saturated rings. The second kappa shape index (κ2) is 17.7. The van der Waals surface area contributed by atoms with Crippen LogP contribution in [0, 0.1) is 39.6 Å². The Labute approximate surface area is 392 Å². The van der Waals surface area contributed by atoms with E-state index in [2.05, 4.69) is 121 Å². The summed E-state index contributed by atoms with van der Waals surface area (Å²) in [7, 11) is -1.34. The van der Waals surface area contributed by atoms with Gasteiger partial charge in [0, 0.05) is 61.6 Å². The average molecular weight is 1020 g/mol. The van der Waals surface area contributed by atoms with Gasteiger partial charge in [-0.1, -0.05) is 121 Å². The van der Waals surface area contributed by atoms with Gasteiger partial charge in [-0.15, -0.1) is 53.1 Å². The topological polar surface area (TPSA) is 56.5 Å². The monoisotopic (exact) mass is 1020 g/mol. The summed E-state index contributed by atoms with van der Waals surface area (Å²) in [5.74, 6) is 0.895. The Balaban J connectivity index is 0.000000289. The van der Waals surface area contributed by atoms with Crippen molar-refractivity contribution in [3.8, 4) is 39.5 Å². The van der Waals surface area contributed by atoms with E-state index in [1.54, 1.807) is 24.4 Å². The molecule has 8 heteroatoms. The van der Waals surface area contributed by atoms with Crippen LogP contribution in [0.3, 0.4) is 0 Å². The number of pyridine rings is 3. The van der Waals surface area contributed by atoms with E-state index in [0.717, 1.165) is 55.9 Å². The maximum Gasteiger partial charge on any atom is 0.114 e. The Hall–Kier alpha value is -5.11. The van der Waals surface area contributed by atoms with Crippen LogP contribution in [0.2, 0.25) is 19.6 Å². The van der Waals surface area contributed by atoms with E-state index >= 15 is 0 Å². The number of imidazole rings is 1. The largest absolute Gasteiger partial charge is 0.331 e. The quantitative estimate of drug-likeness (QED) is 0.118. The molecule has 9 rings (SSSR count). The fraction of sp³-hybridized carbons (Fsp3) is 0.245. The molecule has 0 N–H and O–H groups in total. The van der Waals surface area contributed by atoms with E-state index in [9.17, 15) is 0 Å². The predicted molar refractivity (Wildman–Crippen MR) is 258 cm³/mol. The molecule has 0 amide bonds. The molecule has 0 unspecified atom stereocenters. The third kappa shape index (κ3) is 8.69. The number of benzene rings is 4. The van der Waals surface area contributed by atoms with E-state index in [4.69, 9.17) is 17.3 Å². The molecule has 9 aromatic rings. The van der Waals surface area contributed by atoms with Crippen LogP contribution in [0.5, 0.6) is 0 Å². The van der Waals surface area contributed by atoms with E-state index in [-0.39, 0.29) is 43.2 Å². The summed E-state index contributed by atoms with van der Waals surface area (Å²) in [5.41, 5.74) is 10.7. The molecular weight excluding hydrogens is 959 g/mol. The molecule has 5 nitrogen and oxygen atoms in total. The van der Waals surface area contributed by atoms with Gasteiger partial charge in [0.1, 0.15) is 4.83 Å². The SMILES string of the molecule is [2H]C([2H])([2H])c1c[c-]c(-c2ccc([Si](C)(C)C)cn2)cc1.[2H]C([2H])([2H])c1ccc2c(n1)sc1c(-c3nc4ccnc(C)c4n3-c3c(C(C)C)cc(-c4ccccc4)cc3C(C)C)[c-]cc(C([2H])([2H])[2H])c12.[Ir]. The minimum atomic E-state index is -2.44. The molecular formula is C53H53IrN5SSi-2. The number of thiophene rings is 1. The number of nitrogens with zero attached hydrogens (tertiary/aromatic N) is 5. The van der Waals surface area contributed by atoms with Crippen molar-refractivity contribution in [2.45, 2.75) is 86.7 Å². The van der Waals surface area contributed by atoms with Crippen molar-refractivity contribution in [1.29, 1.82) is 0 Å². The first-order valence-corrected chi connectivity index (χ1v) is 24.5. The first-order chi connectivity index (χ1) is 32.3. The summed E-state index contributed by atoms with van der Waals surface area (Å²) >= 11 is 1.27. The number of aryl methyl sites for hydroxylation is 4. The Morgan fingerprint density at radius 2 is 1.54 bits per heavy atom. The third-order valence-electron chi connectivity index (χ3n) is 10.8. The van der Waals surface area contributed by atoms with Crippen molar-refractivity contribution >= 4 is 55.9 Å². The molecule has 5 aromatic heterocycles. The van der Waals surface area contributed by atoms with Crippen LogP contribution < -0.4 is 5.19 Å². The molecule has 1 radical (unpaired) electrons. The van der Waals surface area contributed by atoms with Gasteiger partial charge in [-0.25, -0.2) is 4.98 Å². The molecule has 0 aliphatic carbocycles. The van der Waals surface area contributed by atoms with Crippen molar-refractivity contribution in [2.24, 2.45) is 0 Å². The van der Waals surface area contributed by atoms with Crippen LogP contribution in [0.1, 0.15) is 85.5 Å². The summed E-state index contributed by atoms with van der Waals surface area (Å²) in [6, 6.07) is 36.8. The number of aromatic nitrogens is 5. The molecule has 5 heterocycles. The first kappa shape index (κ1) is 33.5. The smallest absolute Gasteiger partial charge is 0.114 e. The predicted octanol–water partition coefficient (Wildman–Crippen LogP) is 13.9. The van der Waals surface area contributed by atoms with Gasteiger partial charge in [-0.05, 0) is 87.7 Å². The molecule has 0 spiro atoms. The van der Waals surface area contributed by atoms with E-state index in [0.29, 0.717) is 37.3 Å². The van der Waals surface area contributed by atoms with Crippen LogP contribution >= 0.6 is 11.3 Å². The molecule has 0 saturated heterocycles. The van der Waals surface area contributed by atoms with Gasteiger partial charge in [-0.2, -0.15) is 11.3 Å². The normalized spacial score (nSPS) is 14.5. The van der Waals surface area contributed by atoms with Crippen LogP contribution in [0.15, 0.2) is 109 Å². The zero-order valence-electron chi connectivity index (χ0n) is 44.5. The molecule has 311 valence electrons. The van der Waals surface area contributed by atoms with Crippen molar-refractivity contribution in [3.05, 3.63) is 155 Å². The second-order valence-electron chi connectivity index (χ2n) is 16.8. The molecule has 0 bridgehead atoms. The Bertz CT molecular complexity index is 3250. The summed E-state index contributed by atoms with van der Waals surface area (Å²) in [6.07, 6.45) is 3.67. The number of fused-ring (bicyclic) bond motifs is 4. The van der Waals surface area contributed by atoms with Crippen molar-refractivity contribution < 1.29 is 32.4 Å². The van der Waals surface area contributed by atoms with Gasteiger partial charge in [0.05, 0.1) is 30.6 Å². The molecule has 0 aliphatic rings. The minimum absolute atomic E-state index is 0. The molecule has 0 atom stereocenters. The van der Waals surface area contributed by atoms with Crippen molar-refractivity contribution in [2.75, 3.05) is 0 Å².